The van der Waals surface area contributed by atoms with Gasteiger partial charge >= 0.3 is 0 Å². The Morgan fingerprint density at radius 3 is 2.76 bits per heavy atom. The average Bonchev–Trinajstić information content (AvgIpc) is 2.62. The van der Waals surface area contributed by atoms with Crippen LogP contribution in [0.1, 0.15) is 20.8 Å². The van der Waals surface area contributed by atoms with Gasteiger partial charge in [0.05, 0.1) is 13.7 Å². The van der Waals surface area contributed by atoms with Gasteiger partial charge in [-0.3, -0.25) is 4.79 Å². The number of hydrogen-bond acceptors (Lipinski definition) is 3. The first kappa shape index (κ1) is 12.6. The van der Waals surface area contributed by atoms with E-state index < -0.39 is 0 Å². The van der Waals surface area contributed by atoms with Gasteiger partial charge in [-0.1, -0.05) is 23.7 Å². The number of thiophene rings is 1. The van der Waals surface area contributed by atoms with E-state index >= 15 is 0 Å². The fraction of sp³-hybridized carbons (Fsp3) is 0.0833. The van der Waals surface area contributed by atoms with Crippen LogP contribution in [0.5, 0.6) is 0 Å². The highest BCUT2D eigenvalue weighted by Gasteiger charge is 2.17. The van der Waals surface area contributed by atoms with Crippen molar-refractivity contribution in [1.82, 2.24) is 0 Å². The van der Waals surface area contributed by atoms with Gasteiger partial charge in [0.1, 0.15) is 0 Å². The number of hydrogen-bond donors (Lipinski definition) is 1. The van der Waals surface area contributed by atoms with Crippen LogP contribution in [-0.2, 0) is 0 Å². The van der Waals surface area contributed by atoms with Crippen molar-refractivity contribution < 1.29 is 4.79 Å². The minimum absolute atomic E-state index is 0.0937. The van der Waals surface area contributed by atoms with Crippen LogP contribution in [0.3, 0.4) is 0 Å². The molecule has 5 heteroatoms. The van der Waals surface area contributed by atoms with Gasteiger partial charge in [-0.15, -0.1) is 11.3 Å². The number of carbonyl (C=O) groups excluding carboxylic acids is 1. The van der Waals surface area contributed by atoms with Gasteiger partial charge in [-0.25, -0.2) is 0 Å². The second-order valence-electron chi connectivity index (χ2n) is 3.60. The van der Waals surface area contributed by atoms with Crippen molar-refractivity contribution in [2.45, 2.75) is 6.92 Å². The fourth-order valence-corrected chi connectivity index (χ4v) is 3.13. The summed E-state index contributed by atoms with van der Waals surface area (Å²) in [5, 5.41) is 0.546. The number of nitrogens with two attached hydrogens (primary N) is 1. The lowest BCUT2D eigenvalue weighted by Crippen LogP contribution is -2.04. The lowest BCUT2D eigenvalue weighted by molar-refractivity contribution is 0.104. The Bertz CT molecular complexity index is 575. The van der Waals surface area contributed by atoms with Crippen molar-refractivity contribution >= 4 is 50.3 Å². The lowest BCUT2D eigenvalue weighted by Gasteiger charge is -2.05. The van der Waals surface area contributed by atoms with Crippen molar-refractivity contribution in [1.29, 1.82) is 0 Å². The van der Waals surface area contributed by atoms with E-state index in [-0.39, 0.29) is 5.78 Å². The van der Waals surface area contributed by atoms with Gasteiger partial charge in [0.25, 0.3) is 0 Å². The highest BCUT2D eigenvalue weighted by atomic mass is 79.9. The monoisotopic (exact) mass is 329 g/mol. The summed E-state index contributed by atoms with van der Waals surface area (Å²) in [6.07, 6.45) is 0. The Balaban J connectivity index is 2.47. The number of rotatable bonds is 2. The first-order valence-electron chi connectivity index (χ1n) is 4.85. The van der Waals surface area contributed by atoms with Gasteiger partial charge < -0.3 is 5.73 Å². The van der Waals surface area contributed by atoms with E-state index in [4.69, 9.17) is 17.3 Å². The summed E-state index contributed by atoms with van der Waals surface area (Å²) in [6, 6.07) is 7.08. The van der Waals surface area contributed by atoms with Crippen LogP contribution < -0.4 is 5.73 Å². The van der Waals surface area contributed by atoms with Crippen LogP contribution in [0.25, 0.3) is 0 Å². The van der Waals surface area contributed by atoms with Crippen LogP contribution in [0, 0.1) is 6.92 Å². The molecule has 88 valence electrons. The molecule has 0 spiro atoms. The SMILES string of the molecule is Cc1cccc(C(=O)c2cc(Cl)c(Br)s2)c1N. The van der Waals surface area contributed by atoms with E-state index in [0.29, 0.717) is 21.2 Å². The number of anilines is 1. The molecule has 0 saturated carbocycles. The molecule has 0 atom stereocenters. The molecule has 2 N–H and O–H groups in total. The number of benzene rings is 1. The van der Waals surface area contributed by atoms with Crippen molar-refractivity contribution in [3.63, 3.8) is 0 Å². The molecule has 0 amide bonds. The van der Waals surface area contributed by atoms with Gasteiger partial charge in [0.15, 0.2) is 0 Å². The third-order valence-electron chi connectivity index (χ3n) is 2.44. The number of carbonyl (C=O) groups is 1. The molecule has 1 heterocycles. The number of nitrogen functional groups attached to an aromatic ring is 1. The third-order valence-corrected chi connectivity index (χ3v) is 4.91. The smallest absolute Gasteiger partial charge is 0.205 e. The summed E-state index contributed by atoms with van der Waals surface area (Å²) >= 11 is 10.5. The second-order valence-corrected chi connectivity index (χ2v) is 6.37. The molecule has 0 saturated heterocycles. The minimum Gasteiger partial charge on any atom is -0.398 e. The molecule has 0 aliphatic heterocycles. The van der Waals surface area contributed by atoms with E-state index in [1.54, 1.807) is 12.1 Å². The number of ketones is 1. The molecule has 0 unspecified atom stereocenters. The van der Waals surface area contributed by atoms with Gasteiger partial charge in [-0.2, -0.15) is 0 Å². The minimum atomic E-state index is -0.0937. The molecule has 0 bridgehead atoms. The molecule has 0 radical (unpaired) electrons. The Labute approximate surface area is 117 Å². The topological polar surface area (TPSA) is 43.1 Å². The Kier molecular flexibility index (Phi) is 3.56. The lowest BCUT2D eigenvalue weighted by atomic mass is 10.0. The molecular formula is C12H9BrClNOS. The van der Waals surface area contributed by atoms with Crippen LogP contribution in [0.2, 0.25) is 5.02 Å². The molecule has 0 aliphatic rings. The summed E-state index contributed by atoms with van der Waals surface area (Å²) in [6.45, 7) is 1.88. The van der Waals surface area contributed by atoms with Crippen LogP contribution >= 0.6 is 38.9 Å². The fourth-order valence-electron chi connectivity index (χ4n) is 1.47. The maximum atomic E-state index is 12.2. The first-order chi connectivity index (χ1) is 8.00. The predicted molar refractivity (Wildman–Crippen MR) is 76.1 cm³/mol. The van der Waals surface area contributed by atoms with Crippen LogP contribution in [0.15, 0.2) is 28.1 Å². The zero-order valence-corrected chi connectivity index (χ0v) is 12.1. The van der Waals surface area contributed by atoms with E-state index in [9.17, 15) is 4.79 Å². The Hall–Kier alpha value is -0.840. The second kappa shape index (κ2) is 4.80. The molecule has 0 aliphatic carbocycles. The molecule has 2 rings (SSSR count). The molecule has 17 heavy (non-hydrogen) atoms. The van der Waals surface area contributed by atoms with E-state index in [0.717, 1.165) is 9.35 Å². The van der Waals surface area contributed by atoms with Gasteiger partial charge in [-0.05, 0) is 40.5 Å². The number of halogens is 2. The quantitative estimate of drug-likeness (QED) is 0.659. The number of aryl methyl sites for hydroxylation is 1. The molecule has 2 aromatic rings. The summed E-state index contributed by atoms with van der Waals surface area (Å²) in [5.74, 6) is -0.0937. The summed E-state index contributed by atoms with van der Waals surface area (Å²) in [5.41, 5.74) is 7.85. The van der Waals surface area contributed by atoms with E-state index in [1.807, 2.05) is 19.1 Å². The van der Waals surface area contributed by atoms with Crippen LogP contribution in [-0.4, -0.2) is 5.78 Å². The standard InChI is InChI=1S/C12H9BrClNOS/c1-6-3-2-4-7(10(6)15)11(16)9-5-8(14)12(13)17-9/h2-5H,15H2,1H3. The highest BCUT2D eigenvalue weighted by Crippen LogP contribution is 2.34. The molecule has 2 nitrogen and oxygen atoms in total. The average molecular weight is 331 g/mol. The summed E-state index contributed by atoms with van der Waals surface area (Å²) < 4.78 is 0.758. The van der Waals surface area contributed by atoms with Crippen molar-refractivity contribution in [2.75, 3.05) is 5.73 Å². The maximum Gasteiger partial charge on any atom is 0.205 e. The van der Waals surface area contributed by atoms with Gasteiger partial charge in [0, 0.05) is 11.3 Å². The zero-order valence-electron chi connectivity index (χ0n) is 8.96. The van der Waals surface area contributed by atoms with Crippen molar-refractivity contribution in [3.8, 4) is 0 Å². The summed E-state index contributed by atoms with van der Waals surface area (Å²) in [4.78, 5) is 12.8. The zero-order chi connectivity index (χ0) is 12.6. The number of para-hydroxylation sites is 1. The van der Waals surface area contributed by atoms with E-state index in [2.05, 4.69) is 15.9 Å². The largest absolute Gasteiger partial charge is 0.398 e. The maximum absolute atomic E-state index is 12.2. The molecular weight excluding hydrogens is 322 g/mol. The van der Waals surface area contributed by atoms with Crippen molar-refractivity contribution in [3.05, 3.63) is 49.1 Å². The molecule has 0 fully saturated rings. The first-order valence-corrected chi connectivity index (χ1v) is 6.84. The van der Waals surface area contributed by atoms with Crippen molar-refractivity contribution in [2.24, 2.45) is 0 Å². The Morgan fingerprint density at radius 1 is 1.47 bits per heavy atom. The Morgan fingerprint density at radius 2 is 2.18 bits per heavy atom. The van der Waals surface area contributed by atoms with Crippen LogP contribution in [0.4, 0.5) is 5.69 Å². The molecule has 1 aromatic heterocycles. The normalized spacial score (nSPS) is 10.5. The highest BCUT2D eigenvalue weighted by molar-refractivity contribution is 9.11. The predicted octanol–water partition coefficient (Wildman–Crippen LogP) is 4.29. The molecule has 1 aromatic carbocycles. The third kappa shape index (κ3) is 2.39. The summed E-state index contributed by atoms with van der Waals surface area (Å²) in [7, 11) is 0. The van der Waals surface area contributed by atoms with E-state index in [1.165, 1.54) is 11.3 Å². The van der Waals surface area contributed by atoms with Gasteiger partial charge in [0.2, 0.25) is 5.78 Å².